The van der Waals surface area contributed by atoms with E-state index >= 15 is 0 Å². The van der Waals surface area contributed by atoms with Gasteiger partial charge in [0.15, 0.2) is 5.78 Å². The highest BCUT2D eigenvalue weighted by molar-refractivity contribution is 7.08. The van der Waals surface area contributed by atoms with Crippen LogP contribution in [0, 0.1) is 10.1 Å². The van der Waals surface area contributed by atoms with Gasteiger partial charge in [0, 0.05) is 41.0 Å². The summed E-state index contributed by atoms with van der Waals surface area (Å²) in [6.45, 7) is 0. The Morgan fingerprint density at radius 2 is 2.21 bits per heavy atom. The maximum absolute atomic E-state index is 11.6. The maximum Gasteiger partial charge on any atom is 0.271 e. The minimum atomic E-state index is -0.467. The molecule has 0 fully saturated rings. The van der Waals surface area contributed by atoms with E-state index in [-0.39, 0.29) is 11.5 Å². The Bertz CT molecular complexity index is 621. The number of anilines is 1. The van der Waals surface area contributed by atoms with Crippen molar-refractivity contribution >= 4 is 28.5 Å². The first-order valence-electron chi connectivity index (χ1n) is 5.41. The summed E-state index contributed by atoms with van der Waals surface area (Å²) < 4.78 is 0. The van der Waals surface area contributed by atoms with Crippen LogP contribution >= 0.6 is 11.3 Å². The van der Waals surface area contributed by atoms with E-state index in [4.69, 9.17) is 0 Å². The van der Waals surface area contributed by atoms with Crippen molar-refractivity contribution in [1.29, 1.82) is 0 Å². The van der Waals surface area contributed by atoms with Crippen LogP contribution in [-0.4, -0.2) is 10.7 Å². The minimum absolute atomic E-state index is 0.00237. The van der Waals surface area contributed by atoms with Crippen molar-refractivity contribution in [3.05, 3.63) is 69.0 Å². The molecule has 2 rings (SSSR count). The molecular weight excluding hydrogens is 264 g/mol. The number of thiophene rings is 1. The van der Waals surface area contributed by atoms with E-state index in [0.29, 0.717) is 11.3 Å². The highest BCUT2D eigenvalue weighted by atomic mass is 32.1. The van der Waals surface area contributed by atoms with Crippen LogP contribution in [0.1, 0.15) is 10.4 Å². The van der Waals surface area contributed by atoms with Crippen LogP contribution in [0.25, 0.3) is 0 Å². The Morgan fingerprint density at radius 1 is 1.37 bits per heavy atom. The summed E-state index contributed by atoms with van der Waals surface area (Å²) in [7, 11) is 0. The predicted octanol–water partition coefficient (Wildman–Crippen LogP) is 3.46. The zero-order valence-corrected chi connectivity index (χ0v) is 10.6. The molecule has 0 atom stereocenters. The molecule has 5 nitrogen and oxygen atoms in total. The smallest absolute Gasteiger partial charge is 0.271 e. The monoisotopic (exact) mass is 274 g/mol. The van der Waals surface area contributed by atoms with Crippen LogP contribution in [0.15, 0.2) is 53.4 Å². The number of hydrogen-bond donors (Lipinski definition) is 1. The number of carbonyl (C=O) groups excluding carboxylic acids is 1. The quantitative estimate of drug-likeness (QED) is 0.392. The molecule has 1 N–H and O–H groups in total. The van der Waals surface area contributed by atoms with Crippen LogP contribution in [0.2, 0.25) is 0 Å². The van der Waals surface area contributed by atoms with Crippen molar-refractivity contribution in [1.82, 2.24) is 0 Å². The fraction of sp³-hybridized carbons (Fsp3) is 0. The zero-order valence-electron chi connectivity index (χ0n) is 9.78. The summed E-state index contributed by atoms with van der Waals surface area (Å²) in [4.78, 5) is 21.8. The van der Waals surface area contributed by atoms with Gasteiger partial charge >= 0.3 is 0 Å². The number of non-ortho nitro benzene ring substituents is 1. The second kappa shape index (κ2) is 5.92. The molecule has 0 aliphatic heterocycles. The van der Waals surface area contributed by atoms with Gasteiger partial charge in [0.2, 0.25) is 0 Å². The van der Waals surface area contributed by atoms with Crippen LogP contribution in [-0.2, 0) is 0 Å². The number of benzene rings is 1. The molecular formula is C13H10N2O3S. The van der Waals surface area contributed by atoms with Gasteiger partial charge in [-0.15, -0.1) is 0 Å². The van der Waals surface area contributed by atoms with E-state index in [9.17, 15) is 14.9 Å². The minimum Gasteiger partial charge on any atom is -0.361 e. The molecule has 0 saturated heterocycles. The summed E-state index contributed by atoms with van der Waals surface area (Å²) >= 11 is 1.45. The molecule has 1 aromatic carbocycles. The molecule has 0 spiro atoms. The third-order valence-corrected chi connectivity index (χ3v) is 3.03. The van der Waals surface area contributed by atoms with Gasteiger partial charge in [-0.3, -0.25) is 14.9 Å². The van der Waals surface area contributed by atoms with Crippen molar-refractivity contribution in [3.63, 3.8) is 0 Å². The fourth-order valence-electron chi connectivity index (χ4n) is 1.42. The van der Waals surface area contributed by atoms with E-state index in [2.05, 4.69) is 5.32 Å². The molecule has 2 aromatic rings. The molecule has 1 heterocycles. The normalized spacial score (nSPS) is 10.5. The Kier molecular flexibility index (Phi) is 4.04. The molecule has 0 amide bonds. The van der Waals surface area contributed by atoms with Crippen molar-refractivity contribution in [2.24, 2.45) is 0 Å². The van der Waals surface area contributed by atoms with E-state index < -0.39 is 4.92 Å². The lowest BCUT2D eigenvalue weighted by Gasteiger charge is -1.99. The Morgan fingerprint density at radius 3 is 2.89 bits per heavy atom. The average Bonchev–Trinajstić information content (AvgIpc) is 2.93. The van der Waals surface area contributed by atoms with Crippen LogP contribution < -0.4 is 5.32 Å². The van der Waals surface area contributed by atoms with Crippen molar-refractivity contribution in [2.75, 3.05) is 5.32 Å². The predicted molar refractivity (Wildman–Crippen MR) is 74.5 cm³/mol. The first-order chi connectivity index (χ1) is 9.16. The lowest BCUT2D eigenvalue weighted by molar-refractivity contribution is -0.384. The molecule has 0 radical (unpaired) electrons. The molecule has 6 heteroatoms. The second-order valence-electron chi connectivity index (χ2n) is 3.66. The Hall–Kier alpha value is -2.47. The maximum atomic E-state index is 11.6. The van der Waals surface area contributed by atoms with Crippen molar-refractivity contribution in [2.45, 2.75) is 0 Å². The van der Waals surface area contributed by atoms with Gasteiger partial charge in [0.25, 0.3) is 5.69 Å². The number of ketones is 1. The van der Waals surface area contributed by atoms with E-state index in [1.165, 1.54) is 35.7 Å². The number of nitrogens with one attached hydrogen (secondary N) is 1. The Balaban J connectivity index is 2.00. The van der Waals surface area contributed by atoms with Crippen LogP contribution in [0.5, 0.6) is 0 Å². The van der Waals surface area contributed by atoms with Gasteiger partial charge in [-0.25, -0.2) is 0 Å². The lowest BCUT2D eigenvalue weighted by atomic mass is 10.2. The highest BCUT2D eigenvalue weighted by Gasteiger charge is 2.04. The van der Waals surface area contributed by atoms with Gasteiger partial charge in [0.05, 0.1) is 4.92 Å². The lowest BCUT2D eigenvalue weighted by Crippen LogP contribution is -1.95. The Labute approximate surface area is 113 Å². The van der Waals surface area contributed by atoms with Gasteiger partial charge in [-0.05, 0) is 17.5 Å². The largest absolute Gasteiger partial charge is 0.361 e. The van der Waals surface area contributed by atoms with Gasteiger partial charge < -0.3 is 5.32 Å². The molecule has 96 valence electrons. The van der Waals surface area contributed by atoms with Crippen LogP contribution in [0.4, 0.5) is 11.4 Å². The summed E-state index contributed by atoms with van der Waals surface area (Å²) in [6.07, 6.45) is 2.86. The fourth-order valence-corrected chi connectivity index (χ4v) is 2.07. The second-order valence-corrected chi connectivity index (χ2v) is 4.44. The molecule has 0 aliphatic rings. The van der Waals surface area contributed by atoms with E-state index in [1.807, 2.05) is 5.38 Å². The summed E-state index contributed by atoms with van der Waals surface area (Å²) in [5, 5.41) is 17.0. The van der Waals surface area contributed by atoms with Gasteiger partial charge in [-0.2, -0.15) is 11.3 Å². The molecule has 0 aliphatic carbocycles. The summed E-state index contributed by atoms with van der Waals surface area (Å²) in [6, 6.07) is 7.82. The van der Waals surface area contributed by atoms with Gasteiger partial charge in [-0.1, -0.05) is 6.07 Å². The van der Waals surface area contributed by atoms with Gasteiger partial charge in [0.1, 0.15) is 0 Å². The molecule has 0 bridgehead atoms. The highest BCUT2D eigenvalue weighted by Crippen LogP contribution is 2.17. The average molecular weight is 274 g/mol. The third kappa shape index (κ3) is 3.49. The number of allylic oxidation sites excluding steroid dienone is 1. The van der Waals surface area contributed by atoms with Crippen molar-refractivity contribution < 1.29 is 9.72 Å². The van der Waals surface area contributed by atoms with Crippen LogP contribution in [0.3, 0.4) is 0 Å². The number of nitrogens with zero attached hydrogens (tertiary/aromatic N) is 1. The van der Waals surface area contributed by atoms with Crippen molar-refractivity contribution in [3.8, 4) is 0 Å². The standard InChI is InChI=1S/C13H10N2O3S/c16-13(10-5-7-19-9-10)4-6-14-11-2-1-3-12(8-11)15(17)18/h1-9,14H/b6-4-. The number of nitro groups is 1. The zero-order chi connectivity index (χ0) is 13.7. The number of carbonyl (C=O) groups is 1. The molecule has 0 unspecified atom stereocenters. The molecule has 1 aromatic heterocycles. The number of nitro benzene ring substituents is 1. The number of rotatable bonds is 5. The topological polar surface area (TPSA) is 72.2 Å². The summed E-state index contributed by atoms with van der Waals surface area (Å²) in [5.74, 6) is -0.112. The summed E-state index contributed by atoms with van der Waals surface area (Å²) in [5.41, 5.74) is 1.19. The third-order valence-electron chi connectivity index (χ3n) is 2.35. The van der Waals surface area contributed by atoms with E-state index in [0.717, 1.165) is 0 Å². The number of hydrogen-bond acceptors (Lipinski definition) is 5. The first kappa shape index (κ1) is 13.0. The first-order valence-corrected chi connectivity index (χ1v) is 6.35. The molecule has 19 heavy (non-hydrogen) atoms. The molecule has 0 saturated carbocycles. The van der Waals surface area contributed by atoms with E-state index in [1.54, 1.807) is 23.6 Å². The SMILES string of the molecule is O=C(/C=C\Nc1cccc([N+](=O)[O-])c1)c1ccsc1.